The van der Waals surface area contributed by atoms with E-state index in [2.05, 4.69) is 12.3 Å². The normalized spacial score (nSPS) is 11.3. The minimum Gasteiger partial charge on any atom is -0.289 e. The summed E-state index contributed by atoms with van der Waals surface area (Å²) in [5.74, 6) is 0.145. The van der Waals surface area contributed by atoms with Gasteiger partial charge in [0.2, 0.25) is 5.91 Å². The fraction of sp³-hybridized carbons (Fsp3) is 0.958. The van der Waals surface area contributed by atoms with Crippen LogP contribution in [-0.2, 0) is 4.79 Å². The topological polar surface area (TPSA) is 32.3 Å². The van der Waals surface area contributed by atoms with Crippen LogP contribution in [0, 0.1) is 0 Å². The Balaban J connectivity index is 3.06. The molecule has 27 heavy (non-hydrogen) atoms. The lowest BCUT2D eigenvalue weighted by molar-refractivity contribution is -0.124. The molecule has 0 aliphatic carbocycles. The maximum absolute atomic E-state index is 11.5. The average molecular weight is 383 g/mol. The summed E-state index contributed by atoms with van der Waals surface area (Å²) < 4.78 is 0. The Morgan fingerprint density at radius 2 is 0.852 bits per heavy atom. The van der Waals surface area contributed by atoms with Gasteiger partial charge in [-0.05, 0) is 6.42 Å². The maximum Gasteiger partial charge on any atom is 0.234 e. The zero-order chi connectivity index (χ0) is 20.0. The second-order valence-electron chi connectivity index (χ2n) is 8.54. The van der Waals surface area contributed by atoms with Gasteiger partial charge >= 0.3 is 0 Å². The average Bonchev–Trinajstić information content (AvgIpc) is 2.63. The summed E-state index contributed by atoms with van der Waals surface area (Å²) in [7, 11) is 3.71. The predicted molar refractivity (Wildman–Crippen MR) is 120 cm³/mol. The van der Waals surface area contributed by atoms with Gasteiger partial charge in [0.05, 0.1) is 0 Å². The van der Waals surface area contributed by atoms with Gasteiger partial charge in [-0.3, -0.25) is 10.2 Å². The van der Waals surface area contributed by atoms with Crippen LogP contribution in [0.25, 0.3) is 0 Å². The Morgan fingerprint density at radius 3 is 1.15 bits per heavy atom. The number of nitrogens with zero attached hydrogens (tertiary/aromatic N) is 1. The van der Waals surface area contributed by atoms with E-state index in [0.29, 0.717) is 6.42 Å². The molecule has 1 N–H and O–H groups in total. The molecular formula is C24H50N2O. The van der Waals surface area contributed by atoms with Gasteiger partial charge in [0.1, 0.15) is 0 Å². The molecule has 1 amide bonds. The third-order valence-corrected chi connectivity index (χ3v) is 5.36. The van der Waals surface area contributed by atoms with Gasteiger partial charge in [-0.25, -0.2) is 5.01 Å². The van der Waals surface area contributed by atoms with E-state index >= 15 is 0 Å². The van der Waals surface area contributed by atoms with E-state index < -0.39 is 0 Å². The molecule has 0 aromatic rings. The Labute approximate surface area is 171 Å². The van der Waals surface area contributed by atoms with E-state index in [4.69, 9.17) is 0 Å². The first-order chi connectivity index (χ1) is 13.2. The first-order valence-electron chi connectivity index (χ1n) is 12.1. The SMILES string of the molecule is CCCCCCCCCCCCCCCCCCCCCC(=O)NN(C)C. The monoisotopic (exact) mass is 382 g/mol. The summed E-state index contributed by atoms with van der Waals surface area (Å²) in [6.45, 7) is 2.29. The van der Waals surface area contributed by atoms with Gasteiger partial charge in [-0.2, -0.15) is 0 Å². The molecule has 0 spiro atoms. The molecule has 0 fully saturated rings. The van der Waals surface area contributed by atoms with Crippen LogP contribution in [0.15, 0.2) is 0 Å². The number of amides is 1. The molecule has 3 heteroatoms. The van der Waals surface area contributed by atoms with Gasteiger partial charge in [-0.15, -0.1) is 0 Å². The largest absolute Gasteiger partial charge is 0.289 e. The maximum atomic E-state index is 11.5. The fourth-order valence-corrected chi connectivity index (χ4v) is 3.67. The van der Waals surface area contributed by atoms with Crippen LogP contribution >= 0.6 is 0 Å². The summed E-state index contributed by atoms with van der Waals surface area (Å²) in [5, 5.41) is 1.72. The van der Waals surface area contributed by atoms with Crippen molar-refractivity contribution in [2.75, 3.05) is 14.1 Å². The summed E-state index contributed by atoms with van der Waals surface area (Å²) >= 11 is 0. The molecule has 162 valence electrons. The van der Waals surface area contributed by atoms with Crippen molar-refractivity contribution in [3.05, 3.63) is 0 Å². The number of carbonyl (C=O) groups is 1. The van der Waals surface area contributed by atoms with E-state index in [0.717, 1.165) is 6.42 Å². The highest BCUT2D eigenvalue weighted by Crippen LogP contribution is 2.14. The fourth-order valence-electron chi connectivity index (χ4n) is 3.67. The van der Waals surface area contributed by atoms with Crippen molar-refractivity contribution >= 4 is 5.91 Å². The molecular weight excluding hydrogens is 332 g/mol. The molecule has 0 aromatic heterocycles. The minimum absolute atomic E-state index is 0.145. The smallest absolute Gasteiger partial charge is 0.234 e. The van der Waals surface area contributed by atoms with Crippen LogP contribution in [0.4, 0.5) is 0 Å². The molecule has 3 nitrogen and oxygen atoms in total. The number of nitrogens with one attached hydrogen (secondary N) is 1. The quantitative estimate of drug-likeness (QED) is 0.166. The Hall–Kier alpha value is -0.570. The van der Waals surface area contributed by atoms with Crippen molar-refractivity contribution in [3.63, 3.8) is 0 Å². The van der Waals surface area contributed by atoms with Gasteiger partial charge in [0, 0.05) is 20.5 Å². The van der Waals surface area contributed by atoms with Crippen LogP contribution < -0.4 is 5.43 Å². The Kier molecular flexibility index (Phi) is 21.3. The third-order valence-electron chi connectivity index (χ3n) is 5.36. The summed E-state index contributed by atoms with van der Waals surface area (Å²) in [4.78, 5) is 11.5. The van der Waals surface area contributed by atoms with E-state index in [1.54, 1.807) is 5.01 Å². The van der Waals surface area contributed by atoms with Crippen LogP contribution in [0.3, 0.4) is 0 Å². The molecule has 0 bridgehead atoms. The lowest BCUT2D eigenvalue weighted by Gasteiger charge is -2.11. The summed E-state index contributed by atoms with van der Waals surface area (Å²) in [6.07, 6.45) is 27.0. The van der Waals surface area contributed by atoms with Crippen LogP contribution in [-0.4, -0.2) is 25.0 Å². The van der Waals surface area contributed by atoms with Gasteiger partial charge in [0.15, 0.2) is 0 Å². The first kappa shape index (κ1) is 26.4. The molecule has 0 radical (unpaired) electrons. The zero-order valence-corrected chi connectivity index (χ0v) is 19.0. The second-order valence-corrected chi connectivity index (χ2v) is 8.54. The van der Waals surface area contributed by atoms with Gasteiger partial charge in [0.25, 0.3) is 0 Å². The second kappa shape index (κ2) is 21.7. The highest BCUT2D eigenvalue weighted by atomic mass is 16.2. The van der Waals surface area contributed by atoms with Crippen LogP contribution in [0.1, 0.15) is 135 Å². The molecule has 0 heterocycles. The molecule has 0 aliphatic heterocycles. The summed E-state index contributed by atoms with van der Waals surface area (Å²) in [5.41, 5.74) is 2.80. The Bertz CT molecular complexity index is 305. The van der Waals surface area contributed by atoms with E-state index in [9.17, 15) is 4.79 Å². The van der Waals surface area contributed by atoms with Crippen LogP contribution in [0.5, 0.6) is 0 Å². The number of unbranched alkanes of at least 4 members (excludes halogenated alkanes) is 18. The van der Waals surface area contributed by atoms with Crippen molar-refractivity contribution in [3.8, 4) is 0 Å². The van der Waals surface area contributed by atoms with Crippen molar-refractivity contribution in [1.82, 2.24) is 10.4 Å². The molecule has 0 aromatic carbocycles. The molecule has 0 saturated heterocycles. The minimum atomic E-state index is 0.145. The van der Waals surface area contributed by atoms with Crippen molar-refractivity contribution in [2.45, 2.75) is 135 Å². The number of hydrazine groups is 1. The van der Waals surface area contributed by atoms with Crippen molar-refractivity contribution in [1.29, 1.82) is 0 Å². The number of hydrogen-bond donors (Lipinski definition) is 1. The third kappa shape index (κ3) is 23.4. The van der Waals surface area contributed by atoms with Crippen molar-refractivity contribution in [2.24, 2.45) is 0 Å². The molecule has 0 saturated carbocycles. The number of rotatable bonds is 21. The highest BCUT2D eigenvalue weighted by Gasteiger charge is 2.01. The van der Waals surface area contributed by atoms with Crippen LogP contribution in [0.2, 0.25) is 0 Å². The van der Waals surface area contributed by atoms with Gasteiger partial charge in [-0.1, -0.05) is 122 Å². The highest BCUT2D eigenvalue weighted by molar-refractivity contribution is 5.75. The van der Waals surface area contributed by atoms with E-state index in [1.165, 1.54) is 116 Å². The lowest BCUT2D eigenvalue weighted by atomic mass is 10.0. The molecule has 0 unspecified atom stereocenters. The number of carbonyl (C=O) groups excluding carboxylic acids is 1. The van der Waals surface area contributed by atoms with E-state index in [1.807, 2.05) is 14.1 Å². The Morgan fingerprint density at radius 1 is 0.556 bits per heavy atom. The predicted octanol–water partition coefficient (Wildman–Crippen LogP) is 7.40. The molecule has 0 rings (SSSR count). The van der Waals surface area contributed by atoms with Gasteiger partial charge < -0.3 is 0 Å². The molecule has 0 aliphatic rings. The standard InChI is InChI=1S/C24H50N2O/c1-4-5-6-7-8-9-10-11-12-13-14-15-16-17-18-19-20-21-22-23-24(27)25-26(2)3/h4-23H2,1-3H3,(H,25,27). The van der Waals surface area contributed by atoms with E-state index in [-0.39, 0.29) is 5.91 Å². The zero-order valence-electron chi connectivity index (χ0n) is 19.0. The molecule has 0 atom stereocenters. The summed E-state index contributed by atoms with van der Waals surface area (Å²) in [6, 6.07) is 0. The first-order valence-corrected chi connectivity index (χ1v) is 12.1. The number of hydrogen-bond acceptors (Lipinski definition) is 2. The van der Waals surface area contributed by atoms with Crippen molar-refractivity contribution < 1.29 is 4.79 Å². The lowest BCUT2D eigenvalue weighted by Crippen LogP contribution is -2.35.